The zero-order valence-electron chi connectivity index (χ0n) is 15.0. The van der Waals surface area contributed by atoms with Gasteiger partial charge in [0.25, 0.3) is 5.78 Å². The third-order valence-corrected chi connectivity index (χ3v) is 2.96. The molecule has 0 aliphatic carbocycles. The van der Waals surface area contributed by atoms with E-state index in [9.17, 15) is 19.2 Å². The van der Waals surface area contributed by atoms with Crippen LogP contribution in [0.25, 0.3) is 0 Å². The number of benzene rings is 1. The summed E-state index contributed by atoms with van der Waals surface area (Å²) in [6, 6.07) is 4.08. The largest absolute Gasteiger partial charge is 0.497 e. The molecule has 1 aromatic carbocycles. The number of rotatable bonds is 7. The molecule has 26 heavy (non-hydrogen) atoms. The zero-order chi connectivity index (χ0) is 19.9. The van der Waals surface area contributed by atoms with E-state index < -0.39 is 29.4 Å². The molecule has 0 aliphatic rings. The first-order valence-electron chi connectivity index (χ1n) is 7.76. The lowest BCUT2D eigenvalue weighted by molar-refractivity contribution is -0.131. The SMILES string of the molecule is COc1ccc(NC(=O)CCNC(=O)OC(C)(C)C)c(C(=O)C(=O)O)c1. The Morgan fingerprint density at radius 1 is 1.15 bits per heavy atom. The lowest BCUT2D eigenvalue weighted by atomic mass is 10.1. The van der Waals surface area contributed by atoms with Gasteiger partial charge in [-0.3, -0.25) is 9.59 Å². The van der Waals surface area contributed by atoms with Crippen LogP contribution in [0, 0.1) is 0 Å². The third kappa shape index (κ3) is 6.80. The second-order valence-electron chi connectivity index (χ2n) is 6.27. The second-order valence-corrected chi connectivity index (χ2v) is 6.27. The number of alkyl carbamates (subject to hydrolysis) is 1. The molecule has 0 aromatic heterocycles. The minimum absolute atomic E-state index is 0.0130. The molecular weight excluding hydrogens is 344 g/mol. The molecule has 1 aromatic rings. The van der Waals surface area contributed by atoms with E-state index in [0.717, 1.165) is 0 Å². The zero-order valence-corrected chi connectivity index (χ0v) is 15.0. The summed E-state index contributed by atoms with van der Waals surface area (Å²) >= 11 is 0. The molecule has 0 bridgehead atoms. The number of anilines is 1. The molecule has 0 unspecified atom stereocenters. The number of hydrogen-bond acceptors (Lipinski definition) is 6. The summed E-state index contributed by atoms with van der Waals surface area (Å²) in [7, 11) is 1.37. The molecule has 0 heterocycles. The number of methoxy groups -OCH3 is 1. The minimum atomic E-state index is -1.65. The summed E-state index contributed by atoms with van der Waals surface area (Å²) in [6.45, 7) is 5.15. The number of amides is 2. The van der Waals surface area contributed by atoms with Gasteiger partial charge in [-0.15, -0.1) is 0 Å². The highest BCUT2D eigenvalue weighted by molar-refractivity contribution is 6.41. The molecule has 0 saturated heterocycles. The van der Waals surface area contributed by atoms with Crippen LogP contribution in [0.4, 0.5) is 10.5 Å². The van der Waals surface area contributed by atoms with Gasteiger partial charge in [-0.1, -0.05) is 0 Å². The van der Waals surface area contributed by atoms with Crippen molar-refractivity contribution < 1.29 is 33.8 Å². The van der Waals surface area contributed by atoms with Crippen molar-refractivity contribution in [3.63, 3.8) is 0 Å². The number of carbonyl (C=O) groups is 4. The number of nitrogens with one attached hydrogen (secondary N) is 2. The number of carboxylic acid groups (broad SMARTS) is 1. The van der Waals surface area contributed by atoms with Crippen molar-refractivity contribution in [2.24, 2.45) is 0 Å². The molecule has 3 N–H and O–H groups in total. The molecule has 9 heteroatoms. The van der Waals surface area contributed by atoms with Crippen LogP contribution >= 0.6 is 0 Å². The van der Waals surface area contributed by atoms with Gasteiger partial charge < -0.3 is 25.2 Å². The van der Waals surface area contributed by atoms with Crippen molar-refractivity contribution in [3.8, 4) is 5.75 Å². The van der Waals surface area contributed by atoms with E-state index in [1.54, 1.807) is 20.8 Å². The Bertz CT molecular complexity index is 708. The van der Waals surface area contributed by atoms with Crippen LogP contribution in [-0.2, 0) is 14.3 Å². The van der Waals surface area contributed by atoms with Gasteiger partial charge in [0, 0.05) is 13.0 Å². The number of carboxylic acids is 1. The molecule has 0 spiro atoms. The highest BCUT2D eigenvalue weighted by Crippen LogP contribution is 2.23. The van der Waals surface area contributed by atoms with E-state index in [0.29, 0.717) is 0 Å². The molecule has 0 atom stereocenters. The Morgan fingerprint density at radius 2 is 1.81 bits per heavy atom. The topological polar surface area (TPSA) is 131 Å². The molecule has 0 aliphatic heterocycles. The summed E-state index contributed by atoms with van der Waals surface area (Å²) in [4.78, 5) is 46.2. The fourth-order valence-corrected chi connectivity index (χ4v) is 1.87. The summed E-state index contributed by atoms with van der Waals surface area (Å²) in [5, 5.41) is 13.8. The Kier molecular flexibility index (Phi) is 7.12. The van der Waals surface area contributed by atoms with Gasteiger partial charge in [-0.2, -0.15) is 0 Å². The number of hydrogen-bond donors (Lipinski definition) is 3. The monoisotopic (exact) mass is 366 g/mol. The molecule has 0 saturated carbocycles. The molecule has 1 rings (SSSR count). The van der Waals surface area contributed by atoms with Crippen LogP contribution in [-0.4, -0.2) is 48.1 Å². The van der Waals surface area contributed by atoms with E-state index in [1.807, 2.05) is 0 Å². The first-order chi connectivity index (χ1) is 12.0. The fraction of sp³-hybridized carbons (Fsp3) is 0.412. The van der Waals surface area contributed by atoms with Crippen LogP contribution in [0.1, 0.15) is 37.6 Å². The molecular formula is C17H22N2O7. The molecule has 0 radical (unpaired) electrons. The van der Waals surface area contributed by atoms with E-state index in [1.165, 1.54) is 25.3 Å². The van der Waals surface area contributed by atoms with Gasteiger partial charge >= 0.3 is 12.1 Å². The van der Waals surface area contributed by atoms with Crippen LogP contribution in [0.15, 0.2) is 18.2 Å². The van der Waals surface area contributed by atoms with Crippen LogP contribution in [0.2, 0.25) is 0 Å². The number of carbonyl (C=O) groups excluding carboxylic acids is 3. The highest BCUT2D eigenvalue weighted by atomic mass is 16.6. The molecule has 2 amide bonds. The van der Waals surface area contributed by atoms with E-state index in [2.05, 4.69) is 10.6 Å². The van der Waals surface area contributed by atoms with Gasteiger partial charge in [0.05, 0.1) is 18.4 Å². The minimum Gasteiger partial charge on any atom is -0.497 e. The van der Waals surface area contributed by atoms with Crippen molar-refractivity contribution in [2.75, 3.05) is 19.0 Å². The Hall–Kier alpha value is -3.10. The lowest BCUT2D eigenvalue weighted by Crippen LogP contribution is -2.34. The maximum atomic E-state index is 12.0. The van der Waals surface area contributed by atoms with Gasteiger partial charge in [0.1, 0.15) is 11.4 Å². The van der Waals surface area contributed by atoms with Gasteiger partial charge in [-0.25, -0.2) is 9.59 Å². The van der Waals surface area contributed by atoms with Gasteiger partial charge in [0.2, 0.25) is 5.91 Å². The Morgan fingerprint density at radius 3 is 2.35 bits per heavy atom. The van der Waals surface area contributed by atoms with Crippen LogP contribution in [0.3, 0.4) is 0 Å². The Balaban J connectivity index is 2.70. The third-order valence-electron chi connectivity index (χ3n) is 2.96. The van der Waals surface area contributed by atoms with Crippen molar-refractivity contribution in [1.29, 1.82) is 0 Å². The average molecular weight is 366 g/mol. The second kappa shape index (κ2) is 8.84. The van der Waals surface area contributed by atoms with Crippen molar-refractivity contribution in [2.45, 2.75) is 32.8 Å². The maximum absolute atomic E-state index is 12.0. The highest BCUT2D eigenvalue weighted by Gasteiger charge is 2.21. The van der Waals surface area contributed by atoms with E-state index in [-0.39, 0.29) is 30.0 Å². The van der Waals surface area contributed by atoms with Gasteiger partial charge in [0.15, 0.2) is 0 Å². The maximum Gasteiger partial charge on any atom is 0.407 e. The average Bonchev–Trinajstić information content (AvgIpc) is 2.52. The van der Waals surface area contributed by atoms with Gasteiger partial charge in [-0.05, 0) is 39.0 Å². The van der Waals surface area contributed by atoms with Crippen molar-refractivity contribution >= 4 is 29.4 Å². The normalized spacial score (nSPS) is 10.6. The quantitative estimate of drug-likeness (QED) is 0.495. The predicted molar refractivity (Wildman–Crippen MR) is 92.4 cm³/mol. The molecule has 9 nitrogen and oxygen atoms in total. The van der Waals surface area contributed by atoms with Crippen LogP contribution < -0.4 is 15.4 Å². The lowest BCUT2D eigenvalue weighted by Gasteiger charge is -2.19. The summed E-state index contributed by atoms with van der Waals surface area (Å²) in [5.74, 6) is -3.06. The van der Waals surface area contributed by atoms with Crippen LogP contribution in [0.5, 0.6) is 5.75 Å². The first-order valence-corrected chi connectivity index (χ1v) is 7.76. The molecule has 0 fully saturated rings. The summed E-state index contributed by atoms with van der Waals surface area (Å²) < 4.78 is 9.99. The van der Waals surface area contributed by atoms with Crippen molar-refractivity contribution in [1.82, 2.24) is 5.32 Å². The first kappa shape index (κ1) is 20.9. The fourth-order valence-electron chi connectivity index (χ4n) is 1.87. The predicted octanol–water partition coefficient (Wildman–Crippen LogP) is 1.82. The van der Waals surface area contributed by atoms with E-state index >= 15 is 0 Å². The number of ketones is 1. The Labute approximate surface area is 150 Å². The summed E-state index contributed by atoms with van der Waals surface area (Å²) in [6.07, 6.45) is -0.747. The number of Topliss-reactive ketones (excluding diaryl/α,β-unsaturated/α-hetero) is 1. The summed E-state index contributed by atoms with van der Waals surface area (Å²) in [5.41, 5.74) is -0.813. The van der Waals surface area contributed by atoms with Crippen molar-refractivity contribution in [3.05, 3.63) is 23.8 Å². The number of ether oxygens (including phenoxy) is 2. The molecule has 142 valence electrons. The smallest absolute Gasteiger partial charge is 0.407 e. The number of aliphatic carboxylic acids is 1. The standard InChI is InChI=1S/C17H22N2O7/c1-17(2,3)26-16(24)18-8-7-13(20)19-12-6-5-10(25-4)9-11(12)14(21)15(22)23/h5-6,9H,7-8H2,1-4H3,(H,18,24)(H,19,20)(H,22,23). The van der Waals surface area contributed by atoms with E-state index in [4.69, 9.17) is 14.6 Å².